The molecule has 0 radical (unpaired) electrons. The Labute approximate surface area is 257 Å². The van der Waals surface area contributed by atoms with Gasteiger partial charge in [0, 0.05) is 50.2 Å². The molecule has 0 spiro atoms. The molecule has 2 fully saturated rings. The summed E-state index contributed by atoms with van der Waals surface area (Å²) < 4.78 is 76.5. The number of nitrogens with one attached hydrogen (secondary N) is 1. The van der Waals surface area contributed by atoms with Crippen molar-refractivity contribution in [2.75, 3.05) is 49.1 Å². The topological polar surface area (TPSA) is 111 Å². The fourth-order valence-corrected chi connectivity index (χ4v) is 6.24. The number of hydrogen-bond donors (Lipinski definition) is 1. The molecule has 1 N–H and O–H groups in total. The maximum Gasteiger partial charge on any atom is 0.421 e. The molecule has 3 aliphatic heterocycles. The number of anilines is 2. The van der Waals surface area contributed by atoms with Crippen LogP contribution in [0.3, 0.4) is 0 Å². The van der Waals surface area contributed by atoms with E-state index >= 15 is 0 Å². The van der Waals surface area contributed by atoms with Crippen molar-refractivity contribution in [3.8, 4) is 12.1 Å². The lowest BCUT2D eigenvalue weighted by Gasteiger charge is -2.42. The number of fused-ring (bicyclic) bond motifs is 1. The minimum atomic E-state index is -4.94. The third kappa shape index (κ3) is 6.95. The Morgan fingerprint density at radius 3 is 2.64 bits per heavy atom. The van der Waals surface area contributed by atoms with Gasteiger partial charge in [-0.15, -0.1) is 0 Å². The maximum absolute atomic E-state index is 14.5. The molecule has 0 saturated carbocycles. The molecular formula is C30H35F5N8O2. The zero-order chi connectivity index (χ0) is 32.5. The largest absolute Gasteiger partial charge is 0.462 e. The van der Waals surface area contributed by atoms with E-state index in [0.29, 0.717) is 49.3 Å². The van der Waals surface area contributed by atoms with E-state index in [1.54, 1.807) is 4.90 Å². The second-order valence-electron chi connectivity index (χ2n) is 12.1. The molecule has 10 nitrogen and oxygen atoms in total. The molecule has 0 aliphatic carbocycles. The van der Waals surface area contributed by atoms with Crippen LogP contribution in [0, 0.1) is 23.1 Å². The average molecular weight is 635 g/mol. The molecule has 0 unspecified atom stereocenters. The van der Waals surface area contributed by atoms with Crippen LogP contribution < -0.4 is 19.9 Å². The Kier molecular flexibility index (Phi) is 9.16. The van der Waals surface area contributed by atoms with Crippen LogP contribution in [0.5, 0.6) is 6.01 Å². The maximum atomic E-state index is 14.5. The third-order valence-corrected chi connectivity index (χ3v) is 8.70. The summed E-state index contributed by atoms with van der Waals surface area (Å²) in [6, 6.07) is 1.51. The molecule has 1 amide bonds. The van der Waals surface area contributed by atoms with Crippen molar-refractivity contribution < 1.29 is 31.5 Å². The van der Waals surface area contributed by atoms with E-state index in [1.807, 2.05) is 4.90 Å². The number of aromatic nitrogens is 3. The molecule has 5 rings (SSSR count). The number of alkyl halides is 4. The van der Waals surface area contributed by atoms with Gasteiger partial charge in [-0.2, -0.15) is 28.4 Å². The van der Waals surface area contributed by atoms with Crippen molar-refractivity contribution in [3.63, 3.8) is 0 Å². The van der Waals surface area contributed by atoms with E-state index in [1.165, 1.54) is 24.8 Å². The Bertz CT molecular complexity index is 1470. The fourth-order valence-electron chi connectivity index (χ4n) is 6.24. The molecule has 2 aromatic heterocycles. The number of hydrogen-bond acceptors (Lipinski definition) is 9. The first-order chi connectivity index (χ1) is 21.3. The van der Waals surface area contributed by atoms with Crippen LogP contribution in [0.2, 0.25) is 0 Å². The lowest BCUT2D eigenvalue weighted by atomic mass is 9.91. The van der Waals surface area contributed by atoms with Crippen molar-refractivity contribution in [2.24, 2.45) is 5.92 Å². The molecule has 5 heterocycles. The van der Waals surface area contributed by atoms with Crippen molar-refractivity contribution in [1.82, 2.24) is 25.2 Å². The molecule has 45 heavy (non-hydrogen) atoms. The quantitative estimate of drug-likeness (QED) is 0.343. The predicted octanol–water partition coefficient (Wildman–Crippen LogP) is 3.81. The second kappa shape index (κ2) is 12.7. The van der Waals surface area contributed by atoms with Crippen molar-refractivity contribution in [1.29, 1.82) is 5.26 Å². The highest BCUT2D eigenvalue weighted by Crippen LogP contribution is 2.40. The number of nitriles is 1. The van der Waals surface area contributed by atoms with Gasteiger partial charge in [0.2, 0.25) is 5.91 Å². The first-order valence-corrected chi connectivity index (χ1v) is 14.8. The van der Waals surface area contributed by atoms with E-state index in [0.717, 1.165) is 6.20 Å². The Morgan fingerprint density at radius 1 is 1.20 bits per heavy atom. The number of pyridine rings is 1. The van der Waals surface area contributed by atoms with E-state index in [-0.39, 0.29) is 63.0 Å². The SMILES string of the molecule is C=CC(=O)N1CCN(c2nc(OC[C@@H]3C[C@@H](C(C)(C)F)CN3)nc3c2CCN(c2cncc(F)c2C(F)(F)F)C3)C[C@@H]1CC#N. The van der Waals surface area contributed by atoms with Crippen LogP contribution in [-0.2, 0) is 23.9 Å². The smallest absolute Gasteiger partial charge is 0.421 e. The number of carbonyl (C=O) groups excluding carboxylic acids is 1. The standard InChI is InChI=1S/C30H35F5N8O2/c1-4-25(44)43-10-9-42(15-20(43)5-7-36)27-21-6-8-41(24-14-37-13-22(31)26(24)30(33,34)35)16-23(21)39-28(40-27)45-17-19-11-18(12-38-19)29(2,3)32/h4,13-14,18-20,38H,1,5-6,8-12,15-17H2,2-3H3/t18-,19+,20+/m1/s1. The number of rotatable bonds is 8. The first-order valence-electron chi connectivity index (χ1n) is 14.8. The van der Waals surface area contributed by atoms with Crippen LogP contribution in [0.1, 0.15) is 43.5 Å². The van der Waals surface area contributed by atoms with Gasteiger partial charge in [-0.1, -0.05) is 6.58 Å². The summed E-state index contributed by atoms with van der Waals surface area (Å²) in [6.45, 7) is 8.22. The molecular weight excluding hydrogens is 599 g/mol. The number of ether oxygens (including phenoxy) is 1. The molecule has 0 bridgehead atoms. The van der Waals surface area contributed by atoms with Crippen LogP contribution in [0.4, 0.5) is 33.5 Å². The molecule has 242 valence electrons. The van der Waals surface area contributed by atoms with Crippen LogP contribution >= 0.6 is 0 Å². The molecule has 2 aromatic rings. The van der Waals surface area contributed by atoms with E-state index in [9.17, 15) is 32.0 Å². The molecule has 15 heteroatoms. The van der Waals surface area contributed by atoms with Crippen LogP contribution in [0.25, 0.3) is 0 Å². The second-order valence-corrected chi connectivity index (χ2v) is 12.1. The van der Waals surface area contributed by atoms with Crippen LogP contribution in [-0.4, -0.2) is 82.8 Å². The van der Waals surface area contributed by atoms with Crippen molar-refractivity contribution in [3.05, 3.63) is 47.7 Å². The lowest BCUT2D eigenvalue weighted by Crippen LogP contribution is -2.55. The fraction of sp³-hybridized carbons (Fsp3) is 0.567. The summed E-state index contributed by atoms with van der Waals surface area (Å²) in [4.78, 5) is 30.3. The zero-order valence-corrected chi connectivity index (χ0v) is 25.1. The summed E-state index contributed by atoms with van der Waals surface area (Å²) in [5.74, 6) is -1.46. The third-order valence-electron chi connectivity index (χ3n) is 8.70. The molecule has 3 atom stereocenters. The number of piperazine rings is 1. The number of carbonyl (C=O) groups is 1. The zero-order valence-electron chi connectivity index (χ0n) is 25.1. The highest BCUT2D eigenvalue weighted by atomic mass is 19.4. The van der Waals surface area contributed by atoms with Gasteiger partial charge in [0.1, 0.15) is 23.7 Å². The monoisotopic (exact) mass is 634 g/mol. The highest BCUT2D eigenvalue weighted by molar-refractivity contribution is 5.87. The van der Waals surface area contributed by atoms with Gasteiger partial charge in [-0.25, -0.2) is 8.78 Å². The molecule has 2 saturated heterocycles. The summed E-state index contributed by atoms with van der Waals surface area (Å²) in [7, 11) is 0. The summed E-state index contributed by atoms with van der Waals surface area (Å²) in [5.41, 5.74) is -2.06. The number of amides is 1. The van der Waals surface area contributed by atoms with Crippen molar-refractivity contribution >= 4 is 17.4 Å². The van der Waals surface area contributed by atoms with Crippen molar-refractivity contribution in [2.45, 2.75) is 63.6 Å². The highest BCUT2D eigenvalue weighted by Gasteiger charge is 2.40. The first kappa shape index (κ1) is 32.3. The van der Waals surface area contributed by atoms with E-state index in [4.69, 9.17) is 9.72 Å². The lowest BCUT2D eigenvalue weighted by molar-refractivity contribution is -0.139. The summed E-state index contributed by atoms with van der Waals surface area (Å²) >= 11 is 0. The Hall–Kier alpha value is -4.06. The minimum Gasteiger partial charge on any atom is -0.462 e. The van der Waals surface area contributed by atoms with E-state index in [2.05, 4.69) is 27.9 Å². The summed E-state index contributed by atoms with van der Waals surface area (Å²) in [5, 5.41) is 12.7. The predicted molar refractivity (Wildman–Crippen MR) is 155 cm³/mol. The van der Waals surface area contributed by atoms with Gasteiger partial charge < -0.3 is 24.8 Å². The number of nitrogens with zero attached hydrogens (tertiary/aromatic N) is 7. The van der Waals surface area contributed by atoms with Gasteiger partial charge in [0.15, 0.2) is 5.82 Å². The minimum absolute atomic E-state index is 0.00907. The Balaban J connectivity index is 1.46. The summed E-state index contributed by atoms with van der Waals surface area (Å²) in [6.07, 6.45) is -1.35. The van der Waals surface area contributed by atoms with E-state index < -0.39 is 35.0 Å². The van der Waals surface area contributed by atoms with Gasteiger partial charge >= 0.3 is 12.2 Å². The Morgan fingerprint density at radius 2 is 1.98 bits per heavy atom. The molecule has 0 aromatic carbocycles. The number of halogens is 5. The van der Waals surface area contributed by atoms with Gasteiger partial charge in [0.05, 0.1) is 48.9 Å². The van der Waals surface area contributed by atoms with Gasteiger partial charge in [0.25, 0.3) is 0 Å². The van der Waals surface area contributed by atoms with Gasteiger partial charge in [-0.05, 0) is 32.8 Å². The molecule has 3 aliphatic rings. The van der Waals surface area contributed by atoms with Crippen LogP contribution in [0.15, 0.2) is 25.0 Å². The average Bonchev–Trinajstić information content (AvgIpc) is 3.48. The normalized spacial score (nSPS) is 22.2. The van der Waals surface area contributed by atoms with Gasteiger partial charge in [-0.3, -0.25) is 9.78 Å².